The second-order valence-corrected chi connectivity index (χ2v) is 4.74. The normalized spacial score (nSPS) is 39.8. The summed E-state index contributed by atoms with van der Waals surface area (Å²) in [6.45, 7) is 0. The molecule has 6 atom stereocenters. The summed E-state index contributed by atoms with van der Waals surface area (Å²) in [5.74, 6) is -4.12. The summed E-state index contributed by atoms with van der Waals surface area (Å²) in [6.07, 6.45) is -7.87. The molecule has 9 heteroatoms. The van der Waals surface area contributed by atoms with E-state index in [2.05, 4.69) is 9.72 Å². The molecule has 0 saturated heterocycles. The standard InChI is InChI=1S/C12H15NO8/c14-6-7(15)9(17)12(20,10(18)8(6)16)21-11(19)5-2-1-3-13-4-5/h1-4,6-10,14-18,20H/t6-,7-,8+,9-,10-,12-/m1/s1. The van der Waals surface area contributed by atoms with Gasteiger partial charge in [0.15, 0.2) is 12.2 Å². The van der Waals surface area contributed by atoms with Gasteiger partial charge in [-0.15, -0.1) is 0 Å². The first kappa shape index (κ1) is 15.8. The molecular formula is C12H15NO8. The van der Waals surface area contributed by atoms with Gasteiger partial charge in [-0.3, -0.25) is 4.98 Å². The molecule has 116 valence electrons. The molecule has 21 heavy (non-hydrogen) atoms. The molecule has 1 aliphatic carbocycles. The van der Waals surface area contributed by atoms with Gasteiger partial charge in [-0.2, -0.15) is 0 Å². The second kappa shape index (κ2) is 5.64. The van der Waals surface area contributed by atoms with E-state index in [4.69, 9.17) is 0 Å². The molecular weight excluding hydrogens is 286 g/mol. The maximum atomic E-state index is 11.8. The van der Waals surface area contributed by atoms with Gasteiger partial charge in [0.1, 0.15) is 18.3 Å². The molecule has 6 N–H and O–H groups in total. The van der Waals surface area contributed by atoms with Gasteiger partial charge in [0.05, 0.1) is 5.56 Å². The lowest BCUT2D eigenvalue weighted by Gasteiger charge is -2.46. The molecule has 0 spiro atoms. The maximum absolute atomic E-state index is 11.8. The molecule has 1 heterocycles. The Bertz CT molecular complexity index is 493. The van der Waals surface area contributed by atoms with Crippen molar-refractivity contribution in [3.63, 3.8) is 0 Å². The largest absolute Gasteiger partial charge is 0.424 e. The van der Waals surface area contributed by atoms with E-state index < -0.39 is 42.3 Å². The molecule has 1 fully saturated rings. The third kappa shape index (κ3) is 2.62. The number of rotatable bonds is 2. The van der Waals surface area contributed by atoms with Crippen LogP contribution < -0.4 is 0 Å². The quantitative estimate of drug-likeness (QED) is 0.243. The number of nitrogens with zero attached hydrogens (tertiary/aromatic N) is 1. The zero-order chi connectivity index (χ0) is 15.8. The smallest absolute Gasteiger partial charge is 0.342 e. The first-order valence-electron chi connectivity index (χ1n) is 6.05. The Morgan fingerprint density at radius 1 is 1.10 bits per heavy atom. The number of ether oxygens (including phenoxy) is 1. The van der Waals surface area contributed by atoms with Gasteiger partial charge < -0.3 is 35.4 Å². The Labute approximate surface area is 118 Å². The number of aliphatic hydroxyl groups excluding tert-OH is 5. The van der Waals surface area contributed by atoms with E-state index in [1.165, 1.54) is 18.3 Å². The van der Waals surface area contributed by atoms with Crippen LogP contribution in [-0.2, 0) is 4.74 Å². The van der Waals surface area contributed by atoms with Crippen molar-refractivity contribution in [2.45, 2.75) is 36.3 Å². The number of carbonyl (C=O) groups excluding carboxylic acids is 1. The number of hydrogen-bond acceptors (Lipinski definition) is 9. The molecule has 9 nitrogen and oxygen atoms in total. The average Bonchev–Trinajstić information content (AvgIpc) is 2.50. The third-order valence-corrected chi connectivity index (χ3v) is 3.35. The zero-order valence-corrected chi connectivity index (χ0v) is 10.6. The van der Waals surface area contributed by atoms with Gasteiger partial charge in [-0.1, -0.05) is 0 Å². The number of esters is 1. The summed E-state index contributed by atoms with van der Waals surface area (Å²) in [7, 11) is 0. The highest BCUT2D eigenvalue weighted by Gasteiger charge is 2.60. The molecule has 1 aromatic heterocycles. The Morgan fingerprint density at radius 3 is 2.14 bits per heavy atom. The lowest BCUT2D eigenvalue weighted by Crippen LogP contribution is -2.72. The molecule has 0 aliphatic heterocycles. The number of hydrogen-bond donors (Lipinski definition) is 6. The summed E-state index contributed by atoms with van der Waals surface area (Å²) in [5, 5.41) is 58.0. The highest BCUT2D eigenvalue weighted by atomic mass is 16.7. The Balaban J connectivity index is 2.25. The van der Waals surface area contributed by atoms with E-state index >= 15 is 0 Å². The van der Waals surface area contributed by atoms with Crippen LogP contribution in [0.3, 0.4) is 0 Å². The fraction of sp³-hybridized carbons (Fsp3) is 0.500. The van der Waals surface area contributed by atoms with Gasteiger partial charge in [-0.05, 0) is 12.1 Å². The molecule has 0 aromatic carbocycles. The molecule has 1 aromatic rings. The van der Waals surface area contributed by atoms with Crippen LogP contribution in [0.5, 0.6) is 0 Å². The fourth-order valence-electron chi connectivity index (χ4n) is 2.05. The van der Waals surface area contributed by atoms with Gasteiger partial charge >= 0.3 is 5.97 Å². The first-order valence-corrected chi connectivity index (χ1v) is 6.05. The van der Waals surface area contributed by atoms with Crippen molar-refractivity contribution in [2.24, 2.45) is 0 Å². The fourth-order valence-corrected chi connectivity index (χ4v) is 2.05. The lowest BCUT2D eigenvalue weighted by molar-refractivity contribution is -0.341. The van der Waals surface area contributed by atoms with Crippen LogP contribution in [0.15, 0.2) is 24.5 Å². The molecule has 2 rings (SSSR count). The predicted molar refractivity (Wildman–Crippen MR) is 64.6 cm³/mol. The van der Waals surface area contributed by atoms with Crippen LogP contribution in [0.2, 0.25) is 0 Å². The number of pyridine rings is 1. The van der Waals surface area contributed by atoms with Crippen LogP contribution in [0, 0.1) is 0 Å². The SMILES string of the molecule is O=C(O[C@]1(O)[C@H](O)[C@H](O)[C@@H](O)[C@H](O)[C@H]1O)c1cccnc1. The second-order valence-electron chi connectivity index (χ2n) is 4.74. The van der Waals surface area contributed by atoms with E-state index in [9.17, 15) is 35.4 Å². The van der Waals surface area contributed by atoms with Crippen molar-refractivity contribution in [3.8, 4) is 0 Å². The van der Waals surface area contributed by atoms with Crippen molar-refractivity contribution in [1.29, 1.82) is 0 Å². The van der Waals surface area contributed by atoms with Crippen molar-refractivity contribution in [2.75, 3.05) is 0 Å². The Hall–Kier alpha value is -1.62. The van der Waals surface area contributed by atoms with Gasteiger partial charge in [0.2, 0.25) is 0 Å². The molecule has 1 aliphatic rings. The minimum absolute atomic E-state index is 0.0829. The maximum Gasteiger partial charge on any atom is 0.342 e. The Kier molecular flexibility index (Phi) is 4.23. The van der Waals surface area contributed by atoms with Gasteiger partial charge in [0.25, 0.3) is 5.79 Å². The van der Waals surface area contributed by atoms with Crippen LogP contribution >= 0.6 is 0 Å². The summed E-state index contributed by atoms with van der Waals surface area (Å²) in [5.41, 5.74) is -0.0829. The van der Waals surface area contributed by atoms with Crippen molar-refractivity contribution in [3.05, 3.63) is 30.1 Å². The molecule has 0 bridgehead atoms. The zero-order valence-electron chi connectivity index (χ0n) is 10.6. The van der Waals surface area contributed by atoms with Crippen molar-refractivity contribution >= 4 is 5.97 Å². The monoisotopic (exact) mass is 301 g/mol. The third-order valence-electron chi connectivity index (χ3n) is 3.35. The first-order chi connectivity index (χ1) is 9.79. The topological polar surface area (TPSA) is 161 Å². The van der Waals surface area contributed by atoms with Crippen LogP contribution in [0.25, 0.3) is 0 Å². The minimum atomic E-state index is -2.98. The highest BCUT2D eigenvalue weighted by molar-refractivity contribution is 5.89. The van der Waals surface area contributed by atoms with Crippen LogP contribution in [0.1, 0.15) is 10.4 Å². The van der Waals surface area contributed by atoms with E-state index in [1.807, 2.05) is 0 Å². The molecule has 0 amide bonds. The van der Waals surface area contributed by atoms with Crippen LogP contribution in [0.4, 0.5) is 0 Å². The highest BCUT2D eigenvalue weighted by Crippen LogP contribution is 2.32. The number of aliphatic hydroxyl groups is 6. The lowest BCUT2D eigenvalue weighted by atomic mass is 9.82. The van der Waals surface area contributed by atoms with Crippen LogP contribution in [-0.4, -0.2) is 77.9 Å². The summed E-state index contributed by atoms with van der Waals surface area (Å²) in [6, 6.07) is 2.73. The summed E-state index contributed by atoms with van der Waals surface area (Å²) < 4.78 is 4.62. The molecule has 0 unspecified atom stereocenters. The van der Waals surface area contributed by atoms with E-state index in [0.717, 1.165) is 6.20 Å². The van der Waals surface area contributed by atoms with E-state index in [1.54, 1.807) is 0 Å². The summed E-state index contributed by atoms with van der Waals surface area (Å²) >= 11 is 0. The van der Waals surface area contributed by atoms with E-state index in [0.29, 0.717) is 0 Å². The number of carbonyl (C=O) groups is 1. The number of aromatic nitrogens is 1. The minimum Gasteiger partial charge on any atom is -0.424 e. The van der Waals surface area contributed by atoms with Crippen molar-refractivity contribution < 1.29 is 40.2 Å². The van der Waals surface area contributed by atoms with Crippen molar-refractivity contribution in [1.82, 2.24) is 4.98 Å². The molecule has 0 radical (unpaired) electrons. The predicted octanol–water partition coefficient (Wildman–Crippen LogP) is -3.25. The van der Waals surface area contributed by atoms with Gasteiger partial charge in [-0.25, -0.2) is 4.79 Å². The Morgan fingerprint density at radius 2 is 1.67 bits per heavy atom. The summed E-state index contributed by atoms with van der Waals surface area (Å²) in [4.78, 5) is 15.5. The van der Waals surface area contributed by atoms with E-state index in [-0.39, 0.29) is 5.56 Å². The molecule has 1 saturated carbocycles. The van der Waals surface area contributed by atoms with Gasteiger partial charge in [0, 0.05) is 12.4 Å². The average molecular weight is 301 g/mol.